The van der Waals surface area contributed by atoms with Crippen LogP contribution in [0.1, 0.15) is 0 Å². The van der Waals surface area contributed by atoms with Gasteiger partial charge in [-0.05, 0) is 48.5 Å². The van der Waals surface area contributed by atoms with Gasteiger partial charge in [0.15, 0.2) is 5.82 Å². The topological polar surface area (TPSA) is 98.5 Å². The number of benzene rings is 2. The summed E-state index contributed by atoms with van der Waals surface area (Å²) in [5, 5.41) is 4.55. The van der Waals surface area contributed by atoms with Crippen molar-refractivity contribution in [1.29, 1.82) is 0 Å². The minimum atomic E-state index is -1.71. The molecule has 0 radical (unpaired) electrons. The maximum atomic E-state index is 13.6. The van der Waals surface area contributed by atoms with Crippen molar-refractivity contribution in [2.24, 2.45) is 0 Å². The number of ether oxygens (including phenoxy) is 1. The molecule has 0 saturated carbocycles. The van der Waals surface area contributed by atoms with Crippen LogP contribution in [0.5, 0.6) is 5.88 Å². The van der Waals surface area contributed by atoms with Gasteiger partial charge >= 0.3 is 148 Å². The van der Waals surface area contributed by atoms with E-state index < -0.39 is 20.2 Å². The Hall–Kier alpha value is -3.72. The molecule has 0 atom stereocenters. The molecule has 0 unspecified atom stereocenters. The van der Waals surface area contributed by atoms with Crippen LogP contribution in [0.2, 0.25) is 0 Å². The average molecular weight is 663 g/mol. The van der Waals surface area contributed by atoms with Crippen LogP contribution in [-0.4, -0.2) is 78.4 Å². The van der Waals surface area contributed by atoms with E-state index >= 15 is 0 Å². The van der Waals surface area contributed by atoms with Gasteiger partial charge in [0.05, 0.1) is 0 Å². The van der Waals surface area contributed by atoms with E-state index in [0.29, 0.717) is 59.4 Å². The van der Waals surface area contributed by atoms with Crippen LogP contribution >= 0.6 is 20.2 Å². The molecule has 3 heterocycles. The Labute approximate surface area is 237 Å². The average Bonchev–Trinajstić information content (AvgIpc) is 3.37. The Morgan fingerprint density at radius 1 is 0.950 bits per heavy atom. The van der Waals surface area contributed by atoms with Gasteiger partial charge in [-0.2, -0.15) is 0 Å². The third-order valence-corrected chi connectivity index (χ3v) is 8.92. The Kier molecular flexibility index (Phi) is 8.79. The van der Waals surface area contributed by atoms with Gasteiger partial charge in [0.25, 0.3) is 0 Å². The fourth-order valence-corrected chi connectivity index (χ4v) is 6.27. The van der Waals surface area contributed by atoms with E-state index in [-0.39, 0.29) is 24.1 Å². The first-order valence-corrected chi connectivity index (χ1v) is 17.0. The number of methoxy groups -OCH3 is 1. The van der Waals surface area contributed by atoms with Gasteiger partial charge in [-0.1, -0.05) is 0 Å². The summed E-state index contributed by atoms with van der Waals surface area (Å²) in [6, 6.07) is 13.5. The number of hydrogen-bond donors (Lipinski definition) is 0. The molecule has 13 heteroatoms. The van der Waals surface area contributed by atoms with Gasteiger partial charge in [0.2, 0.25) is 0 Å². The first-order valence-electron chi connectivity index (χ1n) is 12.4. The third kappa shape index (κ3) is 6.70. The van der Waals surface area contributed by atoms with E-state index in [0.717, 1.165) is 5.82 Å². The van der Waals surface area contributed by atoms with Gasteiger partial charge in [-0.15, -0.1) is 0 Å². The molecule has 1 aliphatic heterocycles. The van der Waals surface area contributed by atoms with Gasteiger partial charge in [-0.25, -0.2) is 13.8 Å². The minimum absolute atomic E-state index is 0.0466. The zero-order valence-electron chi connectivity index (χ0n) is 22.0. The quantitative estimate of drug-likeness (QED) is 0.196. The van der Waals surface area contributed by atoms with Crippen molar-refractivity contribution in [3.63, 3.8) is 0 Å². The number of anilines is 1. The molecule has 210 valence electrons. The summed E-state index contributed by atoms with van der Waals surface area (Å²) in [4.78, 5) is 32.5. The summed E-state index contributed by atoms with van der Waals surface area (Å²) in [5.74, 6) is 1.18. The molecular formula is C27H28F2IN7O3. The summed E-state index contributed by atoms with van der Waals surface area (Å²) >= 11 is -1.71. The monoisotopic (exact) mass is 663 g/mol. The SMILES string of the molecule is COCI(C)Oc1cc(N2CCN(C(=O)Cn3nc(-c4ccc(F)cc4)nc3-c3ccc(F)cc3)CC2)ncn1. The number of rotatable bonds is 9. The first-order chi connectivity index (χ1) is 19.4. The molecule has 0 bridgehead atoms. The predicted octanol–water partition coefficient (Wildman–Crippen LogP) is 4.06. The van der Waals surface area contributed by atoms with E-state index in [1.807, 2.05) is 6.07 Å². The zero-order valence-corrected chi connectivity index (χ0v) is 24.2. The maximum absolute atomic E-state index is 13.6. The van der Waals surface area contributed by atoms with Gasteiger partial charge < -0.3 is 0 Å². The molecule has 4 aromatic rings. The van der Waals surface area contributed by atoms with E-state index in [1.165, 1.54) is 35.3 Å². The van der Waals surface area contributed by atoms with Crippen molar-refractivity contribution in [1.82, 2.24) is 29.6 Å². The number of alkyl halides is 2. The number of piperazine rings is 1. The van der Waals surface area contributed by atoms with Crippen molar-refractivity contribution < 1.29 is 21.4 Å². The molecule has 1 fully saturated rings. The van der Waals surface area contributed by atoms with Crippen molar-refractivity contribution in [3.05, 3.63) is 72.6 Å². The molecule has 1 aliphatic rings. The molecule has 2 aromatic heterocycles. The van der Waals surface area contributed by atoms with E-state index in [4.69, 9.17) is 7.80 Å². The van der Waals surface area contributed by atoms with Crippen LogP contribution in [0.4, 0.5) is 14.6 Å². The molecular weight excluding hydrogens is 635 g/mol. The number of halogens is 3. The van der Waals surface area contributed by atoms with Crippen molar-refractivity contribution in [2.75, 3.05) is 47.7 Å². The molecule has 0 spiro atoms. The summed E-state index contributed by atoms with van der Waals surface area (Å²) in [6.07, 6.45) is 1.49. The Balaban J connectivity index is 1.28. The van der Waals surface area contributed by atoms with Crippen LogP contribution in [0.25, 0.3) is 22.8 Å². The van der Waals surface area contributed by atoms with Crippen LogP contribution in [-0.2, 0) is 16.1 Å². The number of amides is 1. The Morgan fingerprint density at radius 2 is 1.60 bits per heavy atom. The standard InChI is InChI=1S/C27H28F2IN7O3/c1-30(17-39-2)40-24-15-23(31-18-32-24)35-11-13-36(14-12-35)25(38)16-37-27(20-5-9-22(29)10-6-20)33-26(34-37)19-3-7-21(28)8-4-19/h3-10,15,18H,11-14,16-17H2,1-2H3. The van der Waals surface area contributed by atoms with Crippen molar-refractivity contribution >= 4 is 32.0 Å². The normalized spacial score (nSPS) is 13.8. The summed E-state index contributed by atoms with van der Waals surface area (Å²) in [7, 11) is 1.65. The van der Waals surface area contributed by atoms with Crippen molar-refractivity contribution in [3.8, 4) is 28.7 Å². The number of hydrogen-bond acceptors (Lipinski definition) is 8. The van der Waals surface area contributed by atoms with E-state index in [1.54, 1.807) is 36.3 Å². The molecule has 10 nitrogen and oxygen atoms in total. The van der Waals surface area contributed by atoms with Crippen molar-refractivity contribution in [2.45, 2.75) is 6.54 Å². The molecule has 5 rings (SSSR count). The second kappa shape index (κ2) is 12.6. The number of nitrogens with zero attached hydrogens (tertiary/aromatic N) is 7. The Morgan fingerprint density at radius 3 is 2.25 bits per heavy atom. The van der Waals surface area contributed by atoms with E-state index in [9.17, 15) is 13.6 Å². The van der Waals surface area contributed by atoms with Crippen LogP contribution in [0.3, 0.4) is 0 Å². The third-order valence-electron chi connectivity index (χ3n) is 6.22. The van der Waals surface area contributed by atoms with Gasteiger partial charge in [0.1, 0.15) is 11.6 Å². The van der Waals surface area contributed by atoms with Crippen LogP contribution < -0.4 is 7.97 Å². The molecule has 0 N–H and O–H groups in total. The van der Waals surface area contributed by atoms with Crippen LogP contribution in [0, 0.1) is 11.6 Å². The fourth-order valence-electron chi connectivity index (χ4n) is 4.26. The van der Waals surface area contributed by atoms with Gasteiger partial charge in [-0.3, -0.25) is 0 Å². The Bertz CT molecular complexity index is 1450. The summed E-state index contributed by atoms with van der Waals surface area (Å²) in [6.45, 7) is 2.14. The molecule has 2 aromatic carbocycles. The van der Waals surface area contributed by atoms with Crippen LogP contribution in [0.15, 0.2) is 60.9 Å². The molecule has 1 saturated heterocycles. The van der Waals surface area contributed by atoms with Gasteiger partial charge in [0, 0.05) is 11.1 Å². The van der Waals surface area contributed by atoms with E-state index in [2.05, 4.69) is 29.9 Å². The number of carbonyl (C=O) groups is 1. The predicted molar refractivity (Wildman–Crippen MR) is 154 cm³/mol. The zero-order chi connectivity index (χ0) is 28.1. The second-order valence-corrected chi connectivity index (χ2v) is 13.1. The summed E-state index contributed by atoms with van der Waals surface area (Å²) < 4.78 is 40.3. The summed E-state index contributed by atoms with van der Waals surface area (Å²) in [5.41, 5.74) is 1.22. The fraction of sp³-hybridized carbons (Fsp3) is 0.296. The second-order valence-electron chi connectivity index (χ2n) is 9.02. The number of aromatic nitrogens is 5. The molecule has 1 amide bonds. The number of carbonyl (C=O) groups excluding carboxylic acids is 1. The molecule has 0 aliphatic carbocycles. The first kappa shape index (κ1) is 27.8. The molecule has 40 heavy (non-hydrogen) atoms.